The van der Waals surface area contributed by atoms with Crippen LogP contribution in [0.1, 0.15) is 34.8 Å². The van der Waals surface area contributed by atoms with Gasteiger partial charge in [-0.25, -0.2) is 0 Å². The molecule has 0 saturated carbocycles. The first-order valence-electron chi connectivity index (χ1n) is 8.99. The highest BCUT2D eigenvalue weighted by atomic mass is 16.2. The molecule has 1 amide bonds. The molecule has 0 spiro atoms. The van der Waals surface area contributed by atoms with Crippen LogP contribution in [0.15, 0.2) is 36.5 Å². The number of nitrogens with one attached hydrogen (secondary N) is 3. The summed E-state index contributed by atoms with van der Waals surface area (Å²) >= 11 is 0. The fourth-order valence-electron chi connectivity index (χ4n) is 3.75. The number of hydrogen-bond donors (Lipinski definition) is 3. The summed E-state index contributed by atoms with van der Waals surface area (Å²) in [6.45, 7) is 3.46. The lowest BCUT2D eigenvalue weighted by Crippen LogP contribution is -2.39. The standard InChI is InChI=1S/C18H24N6O/c25-18(17-12-24(23-22-17)11-14-7-4-8-20-14)21-16-10-19-9-15(16)13-5-2-1-3-6-13/h1-3,5-6,12,14-16,19-20H,4,7-11H2,(H,21,25)/t14?,15-,16+/m0/s1. The summed E-state index contributed by atoms with van der Waals surface area (Å²) in [4.78, 5) is 12.6. The van der Waals surface area contributed by atoms with Crippen LogP contribution in [0.4, 0.5) is 0 Å². The molecule has 1 aromatic carbocycles. The fourth-order valence-corrected chi connectivity index (χ4v) is 3.75. The largest absolute Gasteiger partial charge is 0.346 e. The van der Waals surface area contributed by atoms with E-state index in [1.54, 1.807) is 10.9 Å². The van der Waals surface area contributed by atoms with Gasteiger partial charge in [0.25, 0.3) is 5.91 Å². The topological polar surface area (TPSA) is 83.9 Å². The van der Waals surface area contributed by atoms with E-state index in [1.165, 1.54) is 12.0 Å². The van der Waals surface area contributed by atoms with Crippen molar-refractivity contribution in [3.05, 3.63) is 47.8 Å². The highest BCUT2D eigenvalue weighted by Crippen LogP contribution is 2.22. The van der Waals surface area contributed by atoms with Gasteiger partial charge in [0.2, 0.25) is 0 Å². The van der Waals surface area contributed by atoms with E-state index in [0.717, 1.165) is 32.6 Å². The van der Waals surface area contributed by atoms with Gasteiger partial charge in [0, 0.05) is 31.1 Å². The van der Waals surface area contributed by atoms with E-state index >= 15 is 0 Å². The monoisotopic (exact) mass is 340 g/mol. The van der Waals surface area contributed by atoms with E-state index in [2.05, 4.69) is 38.4 Å². The molecule has 3 N–H and O–H groups in total. The average molecular weight is 340 g/mol. The molecule has 3 atom stereocenters. The van der Waals surface area contributed by atoms with Crippen molar-refractivity contribution in [3.63, 3.8) is 0 Å². The van der Waals surface area contributed by atoms with Crippen molar-refractivity contribution >= 4 is 5.91 Å². The zero-order chi connectivity index (χ0) is 17.1. The molecule has 3 heterocycles. The molecule has 1 aromatic heterocycles. The molecule has 2 aromatic rings. The van der Waals surface area contributed by atoms with Gasteiger partial charge in [-0.15, -0.1) is 5.10 Å². The van der Waals surface area contributed by atoms with E-state index in [9.17, 15) is 4.79 Å². The Morgan fingerprint density at radius 3 is 2.96 bits per heavy atom. The maximum Gasteiger partial charge on any atom is 0.273 e. The van der Waals surface area contributed by atoms with Gasteiger partial charge in [0.05, 0.1) is 12.7 Å². The number of amides is 1. The third kappa shape index (κ3) is 3.72. The molecule has 0 aliphatic carbocycles. The minimum absolute atomic E-state index is 0.0662. The Kier molecular flexibility index (Phi) is 4.76. The second-order valence-electron chi connectivity index (χ2n) is 6.87. The van der Waals surface area contributed by atoms with Crippen molar-refractivity contribution in [1.29, 1.82) is 0 Å². The predicted octanol–water partition coefficient (Wildman–Crippen LogP) is 0.515. The first-order chi connectivity index (χ1) is 12.3. The Hall–Kier alpha value is -2.25. The van der Waals surface area contributed by atoms with Crippen molar-refractivity contribution in [2.75, 3.05) is 19.6 Å². The number of hydrogen-bond acceptors (Lipinski definition) is 5. The Morgan fingerprint density at radius 1 is 1.28 bits per heavy atom. The second-order valence-corrected chi connectivity index (χ2v) is 6.87. The molecular formula is C18H24N6O. The summed E-state index contributed by atoms with van der Waals surface area (Å²) in [5, 5.41) is 18.1. The van der Waals surface area contributed by atoms with E-state index in [4.69, 9.17) is 0 Å². The Bertz CT molecular complexity index is 709. The molecule has 0 radical (unpaired) electrons. The van der Waals surface area contributed by atoms with E-state index in [1.807, 2.05) is 18.2 Å². The molecule has 7 heteroatoms. The summed E-state index contributed by atoms with van der Waals surface area (Å²) in [6, 6.07) is 10.8. The summed E-state index contributed by atoms with van der Waals surface area (Å²) in [5.74, 6) is 0.128. The van der Waals surface area contributed by atoms with Crippen molar-refractivity contribution in [2.24, 2.45) is 0 Å². The van der Waals surface area contributed by atoms with Gasteiger partial charge in [-0.3, -0.25) is 9.48 Å². The lowest BCUT2D eigenvalue weighted by Gasteiger charge is -2.19. The summed E-state index contributed by atoms with van der Waals surface area (Å²) in [6.07, 6.45) is 4.09. The Morgan fingerprint density at radius 2 is 2.16 bits per heavy atom. The smallest absolute Gasteiger partial charge is 0.273 e. The van der Waals surface area contributed by atoms with Crippen molar-refractivity contribution in [1.82, 2.24) is 30.9 Å². The number of carbonyl (C=O) groups excluding carboxylic acids is 1. The first-order valence-corrected chi connectivity index (χ1v) is 8.99. The molecular weight excluding hydrogens is 316 g/mol. The fraction of sp³-hybridized carbons (Fsp3) is 0.500. The molecule has 132 valence electrons. The lowest BCUT2D eigenvalue weighted by molar-refractivity contribution is 0.0932. The van der Waals surface area contributed by atoms with Gasteiger partial charge in [0.15, 0.2) is 5.69 Å². The third-order valence-electron chi connectivity index (χ3n) is 5.10. The third-order valence-corrected chi connectivity index (χ3v) is 5.10. The molecule has 25 heavy (non-hydrogen) atoms. The van der Waals surface area contributed by atoms with Crippen LogP contribution < -0.4 is 16.0 Å². The van der Waals surface area contributed by atoms with Gasteiger partial charge in [-0.1, -0.05) is 35.5 Å². The maximum atomic E-state index is 12.6. The maximum absolute atomic E-state index is 12.6. The number of rotatable bonds is 5. The molecule has 2 aliphatic rings. The van der Waals surface area contributed by atoms with Crippen LogP contribution in [0.5, 0.6) is 0 Å². The predicted molar refractivity (Wildman–Crippen MR) is 94.4 cm³/mol. The van der Waals surface area contributed by atoms with Crippen LogP contribution in [-0.2, 0) is 6.54 Å². The highest BCUT2D eigenvalue weighted by Gasteiger charge is 2.30. The lowest BCUT2D eigenvalue weighted by atomic mass is 9.94. The Labute approximate surface area is 147 Å². The average Bonchev–Trinajstić information content (AvgIpc) is 3.38. The SMILES string of the molecule is O=C(N[C@@H]1CNC[C@H]1c1ccccc1)c1cn(CC2CCCN2)nn1. The normalized spacial score (nSPS) is 26.0. The molecule has 0 bridgehead atoms. The van der Waals surface area contributed by atoms with Crippen LogP contribution in [0, 0.1) is 0 Å². The summed E-state index contributed by atoms with van der Waals surface area (Å²) in [7, 11) is 0. The second kappa shape index (κ2) is 7.33. The van der Waals surface area contributed by atoms with Crippen molar-refractivity contribution < 1.29 is 4.79 Å². The number of nitrogens with zero attached hydrogens (tertiary/aromatic N) is 3. The highest BCUT2D eigenvalue weighted by molar-refractivity contribution is 5.92. The quantitative estimate of drug-likeness (QED) is 0.739. The molecule has 2 fully saturated rings. The minimum atomic E-state index is -0.153. The van der Waals surface area contributed by atoms with Crippen LogP contribution in [0.3, 0.4) is 0 Å². The molecule has 1 unspecified atom stereocenters. The molecule has 2 aliphatic heterocycles. The number of aromatic nitrogens is 3. The number of benzene rings is 1. The van der Waals surface area contributed by atoms with Crippen molar-refractivity contribution in [2.45, 2.75) is 37.4 Å². The van der Waals surface area contributed by atoms with Gasteiger partial charge >= 0.3 is 0 Å². The van der Waals surface area contributed by atoms with Crippen molar-refractivity contribution in [3.8, 4) is 0 Å². The van der Waals surface area contributed by atoms with Gasteiger partial charge in [0.1, 0.15) is 0 Å². The van der Waals surface area contributed by atoms with E-state index in [-0.39, 0.29) is 17.9 Å². The van der Waals surface area contributed by atoms with Crippen LogP contribution >= 0.6 is 0 Å². The van der Waals surface area contributed by atoms with E-state index in [0.29, 0.717) is 11.7 Å². The van der Waals surface area contributed by atoms with Crippen LogP contribution in [0.25, 0.3) is 0 Å². The zero-order valence-corrected chi connectivity index (χ0v) is 14.2. The summed E-state index contributed by atoms with van der Waals surface area (Å²) < 4.78 is 1.76. The first kappa shape index (κ1) is 16.2. The van der Waals surface area contributed by atoms with Crippen LogP contribution in [0.2, 0.25) is 0 Å². The van der Waals surface area contributed by atoms with Gasteiger partial charge in [-0.05, 0) is 24.9 Å². The van der Waals surface area contributed by atoms with Crippen LogP contribution in [-0.4, -0.2) is 52.6 Å². The number of carbonyl (C=O) groups is 1. The van der Waals surface area contributed by atoms with Gasteiger partial charge < -0.3 is 16.0 Å². The summed E-state index contributed by atoms with van der Waals surface area (Å²) in [5.41, 5.74) is 1.63. The minimum Gasteiger partial charge on any atom is -0.346 e. The molecule has 4 rings (SSSR count). The molecule has 2 saturated heterocycles. The van der Waals surface area contributed by atoms with E-state index < -0.39 is 0 Å². The van der Waals surface area contributed by atoms with Gasteiger partial charge in [-0.2, -0.15) is 0 Å². The zero-order valence-electron chi connectivity index (χ0n) is 14.2. The molecule has 7 nitrogen and oxygen atoms in total. The Balaban J connectivity index is 1.39.